The molecular weight excluding hydrogens is 250 g/mol. The Morgan fingerprint density at radius 2 is 1.68 bits per heavy atom. The summed E-state index contributed by atoms with van der Waals surface area (Å²) in [7, 11) is 0. The van der Waals surface area contributed by atoms with Gasteiger partial charge in [0.15, 0.2) is 5.60 Å². The number of aliphatic hydroxyl groups is 1. The minimum absolute atomic E-state index is 0.0558. The van der Waals surface area contributed by atoms with Crippen LogP contribution in [0.25, 0.3) is 0 Å². The lowest BCUT2D eigenvalue weighted by Crippen LogP contribution is -2.45. The largest absolute Gasteiger partial charge is 0.479 e. The first-order valence-corrected chi connectivity index (χ1v) is 6.32. The van der Waals surface area contributed by atoms with E-state index in [2.05, 4.69) is 0 Å². The molecule has 6 nitrogen and oxygen atoms in total. The third-order valence-electron chi connectivity index (χ3n) is 2.55. The maximum absolute atomic E-state index is 12.0. The van der Waals surface area contributed by atoms with Gasteiger partial charge in [-0.2, -0.15) is 0 Å². The Morgan fingerprint density at radius 1 is 1.21 bits per heavy atom. The van der Waals surface area contributed by atoms with Gasteiger partial charge in [-0.3, -0.25) is 0 Å². The van der Waals surface area contributed by atoms with Crippen molar-refractivity contribution in [2.45, 2.75) is 65.2 Å². The number of amides is 1. The van der Waals surface area contributed by atoms with Crippen LogP contribution in [-0.4, -0.2) is 51.0 Å². The molecule has 1 atom stereocenters. The van der Waals surface area contributed by atoms with Crippen LogP contribution in [0.2, 0.25) is 0 Å². The molecular formula is C13H25NO5. The lowest BCUT2D eigenvalue weighted by atomic mass is 10.0. The molecule has 0 bridgehead atoms. The lowest BCUT2D eigenvalue weighted by Gasteiger charge is -2.31. The van der Waals surface area contributed by atoms with Gasteiger partial charge in [0, 0.05) is 19.0 Å². The van der Waals surface area contributed by atoms with Crippen LogP contribution < -0.4 is 0 Å². The highest BCUT2D eigenvalue weighted by molar-refractivity contribution is 5.76. The molecule has 1 unspecified atom stereocenters. The van der Waals surface area contributed by atoms with Gasteiger partial charge in [0.1, 0.15) is 5.60 Å². The van der Waals surface area contributed by atoms with Crippen molar-refractivity contribution in [1.82, 2.24) is 4.90 Å². The molecule has 0 aliphatic carbocycles. The molecule has 1 amide bonds. The van der Waals surface area contributed by atoms with Crippen molar-refractivity contribution < 1.29 is 24.5 Å². The van der Waals surface area contributed by atoms with Crippen molar-refractivity contribution in [2.24, 2.45) is 0 Å². The van der Waals surface area contributed by atoms with Crippen LogP contribution in [0.5, 0.6) is 0 Å². The SMILES string of the molecule is CC(C)N(CCC(C)(O)C(=O)O)C(=O)OC(C)(C)C. The average molecular weight is 275 g/mol. The van der Waals surface area contributed by atoms with Crippen LogP contribution in [0.1, 0.15) is 48.0 Å². The van der Waals surface area contributed by atoms with E-state index < -0.39 is 23.3 Å². The third kappa shape index (κ3) is 6.42. The van der Waals surface area contributed by atoms with Crippen molar-refractivity contribution in [3.05, 3.63) is 0 Å². The summed E-state index contributed by atoms with van der Waals surface area (Å²) in [5.41, 5.74) is -2.46. The molecule has 0 saturated heterocycles. The highest BCUT2D eigenvalue weighted by Crippen LogP contribution is 2.16. The van der Waals surface area contributed by atoms with Crippen molar-refractivity contribution in [3.8, 4) is 0 Å². The van der Waals surface area contributed by atoms with Gasteiger partial charge in [-0.1, -0.05) is 0 Å². The summed E-state index contributed by atoms with van der Waals surface area (Å²) in [5.74, 6) is -1.31. The number of hydrogen-bond donors (Lipinski definition) is 2. The van der Waals surface area contributed by atoms with Gasteiger partial charge < -0.3 is 19.8 Å². The predicted octanol–water partition coefficient (Wildman–Crippen LogP) is 1.86. The maximum Gasteiger partial charge on any atom is 0.410 e. The van der Waals surface area contributed by atoms with Crippen LogP contribution in [0.15, 0.2) is 0 Å². The van der Waals surface area contributed by atoms with Crippen molar-refractivity contribution in [1.29, 1.82) is 0 Å². The first kappa shape index (κ1) is 17.7. The Balaban J connectivity index is 4.69. The first-order valence-electron chi connectivity index (χ1n) is 6.32. The molecule has 112 valence electrons. The van der Waals surface area contributed by atoms with Crippen LogP contribution in [0, 0.1) is 0 Å². The summed E-state index contributed by atoms with van der Waals surface area (Å²) in [6.45, 7) is 10.2. The number of carboxylic acid groups (broad SMARTS) is 1. The Morgan fingerprint density at radius 3 is 2.00 bits per heavy atom. The van der Waals surface area contributed by atoms with Crippen LogP contribution in [0.4, 0.5) is 4.79 Å². The van der Waals surface area contributed by atoms with Crippen molar-refractivity contribution in [2.75, 3.05) is 6.54 Å². The molecule has 0 heterocycles. The van der Waals surface area contributed by atoms with E-state index >= 15 is 0 Å². The van der Waals surface area contributed by atoms with E-state index in [9.17, 15) is 14.7 Å². The second-order valence-electron chi connectivity index (χ2n) is 6.10. The van der Waals surface area contributed by atoms with Gasteiger partial charge in [-0.15, -0.1) is 0 Å². The number of ether oxygens (including phenoxy) is 1. The topological polar surface area (TPSA) is 87.1 Å². The smallest absolute Gasteiger partial charge is 0.410 e. The number of aliphatic carboxylic acids is 1. The molecule has 6 heteroatoms. The maximum atomic E-state index is 12.0. The number of hydrogen-bond acceptors (Lipinski definition) is 4. The number of carbonyl (C=O) groups excluding carboxylic acids is 1. The van der Waals surface area contributed by atoms with E-state index in [1.165, 1.54) is 11.8 Å². The van der Waals surface area contributed by atoms with E-state index in [0.29, 0.717) is 0 Å². The standard InChI is InChI=1S/C13H25NO5/c1-9(2)14(11(17)19-12(3,4)5)8-7-13(6,18)10(15)16/h9,18H,7-8H2,1-6H3,(H,15,16). The molecule has 0 saturated carbocycles. The highest BCUT2D eigenvalue weighted by atomic mass is 16.6. The molecule has 0 rings (SSSR count). The zero-order chi connectivity index (χ0) is 15.4. The predicted molar refractivity (Wildman–Crippen MR) is 71.0 cm³/mol. The van der Waals surface area contributed by atoms with Crippen LogP contribution >= 0.6 is 0 Å². The molecule has 0 spiro atoms. The molecule has 0 aromatic rings. The first-order chi connectivity index (χ1) is 8.37. The van der Waals surface area contributed by atoms with Crippen LogP contribution in [-0.2, 0) is 9.53 Å². The second kappa shape index (κ2) is 6.23. The minimum Gasteiger partial charge on any atom is -0.479 e. The molecule has 0 aromatic carbocycles. The Bertz CT molecular complexity index is 330. The third-order valence-corrected chi connectivity index (χ3v) is 2.55. The van der Waals surface area contributed by atoms with Crippen molar-refractivity contribution >= 4 is 12.1 Å². The monoisotopic (exact) mass is 275 g/mol. The van der Waals surface area contributed by atoms with Gasteiger partial charge in [0.25, 0.3) is 0 Å². The van der Waals surface area contributed by atoms with Crippen molar-refractivity contribution in [3.63, 3.8) is 0 Å². The Kier molecular flexibility index (Phi) is 5.81. The van der Waals surface area contributed by atoms with E-state index in [1.807, 2.05) is 0 Å². The molecule has 2 N–H and O–H groups in total. The average Bonchev–Trinajstić information content (AvgIpc) is 2.13. The number of nitrogens with zero attached hydrogens (tertiary/aromatic N) is 1. The van der Waals surface area contributed by atoms with Gasteiger partial charge in [-0.25, -0.2) is 9.59 Å². The van der Waals surface area contributed by atoms with Gasteiger partial charge in [-0.05, 0) is 41.5 Å². The zero-order valence-electron chi connectivity index (χ0n) is 12.6. The number of carboxylic acids is 1. The van der Waals surface area contributed by atoms with Gasteiger partial charge in [0.2, 0.25) is 0 Å². The molecule has 0 aliphatic heterocycles. The van der Waals surface area contributed by atoms with E-state index in [-0.39, 0.29) is 19.0 Å². The molecule has 0 aromatic heterocycles. The summed E-state index contributed by atoms with van der Waals surface area (Å²) in [4.78, 5) is 24.2. The van der Waals surface area contributed by atoms with E-state index in [0.717, 1.165) is 0 Å². The summed E-state index contributed by atoms with van der Waals surface area (Å²) >= 11 is 0. The summed E-state index contributed by atoms with van der Waals surface area (Å²) in [6, 6.07) is -0.139. The lowest BCUT2D eigenvalue weighted by molar-refractivity contribution is -0.157. The fourth-order valence-electron chi connectivity index (χ4n) is 1.33. The van der Waals surface area contributed by atoms with Crippen LogP contribution in [0.3, 0.4) is 0 Å². The van der Waals surface area contributed by atoms with Gasteiger partial charge >= 0.3 is 12.1 Å². The summed E-state index contributed by atoms with van der Waals surface area (Å²) in [5, 5.41) is 18.5. The summed E-state index contributed by atoms with van der Waals surface area (Å²) < 4.78 is 5.24. The Labute approximate surface area is 114 Å². The normalized spacial score (nSPS) is 14.9. The molecule has 0 fully saturated rings. The number of rotatable bonds is 5. The highest BCUT2D eigenvalue weighted by Gasteiger charge is 2.32. The molecule has 19 heavy (non-hydrogen) atoms. The quantitative estimate of drug-likeness (QED) is 0.799. The molecule has 0 aliphatic rings. The van der Waals surface area contributed by atoms with E-state index in [1.54, 1.807) is 34.6 Å². The molecule has 0 radical (unpaired) electrons. The number of carbonyl (C=O) groups is 2. The minimum atomic E-state index is -1.85. The fourth-order valence-corrected chi connectivity index (χ4v) is 1.33. The summed E-state index contributed by atoms with van der Waals surface area (Å²) in [6.07, 6.45) is -0.566. The second-order valence-corrected chi connectivity index (χ2v) is 6.10. The van der Waals surface area contributed by atoms with Gasteiger partial charge in [0.05, 0.1) is 0 Å². The zero-order valence-corrected chi connectivity index (χ0v) is 12.6. The van der Waals surface area contributed by atoms with E-state index in [4.69, 9.17) is 9.84 Å². The fraction of sp³-hybridized carbons (Fsp3) is 0.846. The Hall–Kier alpha value is -1.30.